The Morgan fingerprint density at radius 2 is 2.22 bits per heavy atom. The van der Waals surface area contributed by atoms with Crippen LogP contribution in [0.5, 0.6) is 5.75 Å². The van der Waals surface area contributed by atoms with Crippen LogP contribution in [-0.2, 0) is 28.9 Å². The van der Waals surface area contributed by atoms with Crippen LogP contribution in [0.1, 0.15) is 34.9 Å². The summed E-state index contributed by atoms with van der Waals surface area (Å²) in [6.45, 7) is 3.47. The maximum atomic E-state index is 12.6. The summed E-state index contributed by atoms with van der Waals surface area (Å²) in [6.07, 6.45) is 9.30. The van der Waals surface area contributed by atoms with Gasteiger partial charge >= 0.3 is 6.09 Å². The van der Waals surface area contributed by atoms with Crippen LogP contribution in [-0.4, -0.2) is 40.8 Å². The van der Waals surface area contributed by atoms with Gasteiger partial charge in [-0.3, -0.25) is 4.79 Å². The van der Waals surface area contributed by atoms with Gasteiger partial charge in [-0.2, -0.15) is 5.26 Å². The lowest BCUT2D eigenvalue weighted by atomic mass is 9.94. The number of thiophene rings is 1. The molecule has 0 saturated carbocycles. The maximum absolute atomic E-state index is 12.6. The summed E-state index contributed by atoms with van der Waals surface area (Å²) in [5.41, 5.74) is 2.20. The molecule has 2 aromatic heterocycles. The number of benzene rings is 1. The molecule has 0 aliphatic heterocycles. The number of para-hydroxylation sites is 1. The summed E-state index contributed by atoms with van der Waals surface area (Å²) < 4.78 is 13.0. The molecule has 0 fully saturated rings. The first-order chi connectivity index (χ1) is 17.6. The first-order valence-electron chi connectivity index (χ1n) is 11.7. The van der Waals surface area contributed by atoms with Crippen molar-refractivity contribution in [1.29, 1.82) is 5.26 Å². The van der Waals surface area contributed by atoms with Crippen molar-refractivity contribution in [1.82, 2.24) is 14.9 Å². The number of alkyl carbamates (subject to hydrolysis) is 1. The fourth-order valence-corrected chi connectivity index (χ4v) is 5.25. The topological polar surface area (TPSA) is 118 Å². The third-order valence-electron chi connectivity index (χ3n) is 5.67. The predicted octanol–water partition coefficient (Wildman–Crippen LogP) is 4.15. The molecule has 4 rings (SSSR count). The number of anilines is 1. The molecule has 1 aromatic carbocycles. The number of fused-ring (bicyclic) bond motifs is 1. The minimum absolute atomic E-state index is 0.283. The van der Waals surface area contributed by atoms with Crippen molar-refractivity contribution in [3.05, 3.63) is 70.6 Å². The molecule has 2 N–H and O–H groups in total. The van der Waals surface area contributed by atoms with Crippen LogP contribution in [0.3, 0.4) is 0 Å². The van der Waals surface area contributed by atoms with E-state index in [-0.39, 0.29) is 12.0 Å². The molecule has 10 heteroatoms. The third-order valence-corrected chi connectivity index (χ3v) is 6.84. The number of nitrogens with zero attached hydrogens (tertiary/aromatic N) is 3. The molecule has 2 amide bonds. The van der Waals surface area contributed by atoms with Gasteiger partial charge in [0.05, 0.1) is 18.5 Å². The number of carbonyl (C=O) groups is 2. The summed E-state index contributed by atoms with van der Waals surface area (Å²) in [6, 6.07) is 9.70. The van der Waals surface area contributed by atoms with E-state index in [2.05, 4.69) is 21.7 Å². The van der Waals surface area contributed by atoms with E-state index < -0.39 is 6.09 Å². The fraction of sp³-hybridized carbons (Fsp3) is 0.308. The summed E-state index contributed by atoms with van der Waals surface area (Å²) in [7, 11) is 0. The van der Waals surface area contributed by atoms with Crippen LogP contribution in [0.25, 0.3) is 6.08 Å². The van der Waals surface area contributed by atoms with Gasteiger partial charge in [-0.15, -0.1) is 11.3 Å². The van der Waals surface area contributed by atoms with Crippen LogP contribution in [0.15, 0.2) is 49.1 Å². The summed E-state index contributed by atoms with van der Waals surface area (Å²) in [5, 5.41) is 15.8. The number of carbonyl (C=O) groups excluding carboxylic acids is 2. The monoisotopic (exact) mass is 505 g/mol. The molecule has 0 bridgehead atoms. The molecule has 1 unspecified atom stereocenters. The van der Waals surface area contributed by atoms with Crippen LogP contribution >= 0.6 is 11.3 Å². The number of imidazole rings is 1. The number of ether oxygens (including phenoxy) is 2. The molecule has 1 aliphatic carbocycles. The Morgan fingerprint density at radius 3 is 3.00 bits per heavy atom. The number of hydrogen-bond acceptors (Lipinski definition) is 7. The van der Waals surface area contributed by atoms with E-state index in [9.17, 15) is 14.9 Å². The van der Waals surface area contributed by atoms with Crippen LogP contribution in [0.4, 0.5) is 9.80 Å². The zero-order valence-electron chi connectivity index (χ0n) is 19.9. The Labute approximate surface area is 213 Å². The van der Waals surface area contributed by atoms with E-state index in [4.69, 9.17) is 9.47 Å². The van der Waals surface area contributed by atoms with Crippen molar-refractivity contribution in [2.24, 2.45) is 0 Å². The highest BCUT2D eigenvalue weighted by molar-refractivity contribution is 7.16. The quantitative estimate of drug-likeness (QED) is 0.422. The van der Waals surface area contributed by atoms with Gasteiger partial charge in [-0.1, -0.05) is 18.2 Å². The lowest BCUT2D eigenvalue weighted by molar-refractivity contribution is -0.111. The number of amides is 2. The number of hydrogen-bond donors (Lipinski definition) is 2. The van der Waals surface area contributed by atoms with Gasteiger partial charge in [0.2, 0.25) is 5.91 Å². The highest BCUT2D eigenvalue weighted by atomic mass is 32.1. The molecule has 0 spiro atoms. The Morgan fingerprint density at radius 1 is 1.36 bits per heavy atom. The van der Waals surface area contributed by atoms with Crippen LogP contribution in [0, 0.1) is 11.3 Å². The van der Waals surface area contributed by atoms with Gasteiger partial charge in [0.25, 0.3) is 0 Å². The summed E-state index contributed by atoms with van der Waals surface area (Å²) in [5.74, 6) is 0.367. The van der Waals surface area contributed by atoms with Crippen molar-refractivity contribution in [3.8, 4) is 11.8 Å². The number of nitrogens with one attached hydrogen (secondary N) is 2. The van der Waals surface area contributed by atoms with E-state index >= 15 is 0 Å². The Kier molecular flexibility index (Phi) is 8.36. The van der Waals surface area contributed by atoms with Gasteiger partial charge in [-0.25, -0.2) is 9.78 Å². The van der Waals surface area contributed by atoms with Crippen molar-refractivity contribution in [2.75, 3.05) is 18.5 Å². The van der Waals surface area contributed by atoms with E-state index in [0.717, 1.165) is 16.0 Å². The molecular weight excluding hydrogens is 478 g/mol. The number of rotatable bonds is 9. The number of nitriles is 1. The molecule has 186 valence electrons. The highest BCUT2D eigenvalue weighted by Crippen LogP contribution is 2.38. The lowest BCUT2D eigenvalue weighted by Gasteiger charge is -2.22. The Hall–Kier alpha value is -4.10. The van der Waals surface area contributed by atoms with Gasteiger partial charge in [-0.05, 0) is 37.5 Å². The molecule has 0 saturated heterocycles. The smallest absolute Gasteiger partial charge is 0.407 e. The molecule has 2 heterocycles. The number of aromatic nitrogens is 2. The van der Waals surface area contributed by atoms with Crippen molar-refractivity contribution < 1.29 is 19.1 Å². The van der Waals surface area contributed by atoms with Crippen molar-refractivity contribution in [2.45, 2.75) is 38.8 Å². The zero-order valence-corrected chi connectivity index (χ0v) is 20.7. The SMILES string of the molecule is CCOc1ccccc1/C=C/C(=O)Nc1sc2c(c1C#N)CCC(OC(=O)NCCn1ccnc1)C2. The summed E-state index contributed by atoms with van der Waals surface area (Å²) in [4.78, 5) is 29.7. The van der Waals surface area contributed by atoms with Crippen molar-refractivity contribution in [3.63, 3.8) is 0 Å². The molecule has 1 aliphatic rings. The first kappa shape index (κ1) is 25.0. The second kappa shape index (κ2) is 12.0. The second-order valence-corrected chi connectivity index (χ2v) is 9.22. The van der Waals surface area contributed by atoms with E-state index in [0.29, 0.717) is 55.3 Å². The maximum Gasteiger partial charge on any atom is 0.407 e. The standard InChI is InChI=1S/C26H27N5O4S/c1-2-34-22-6-4-3-5-18(22)7-10-24(32)30-25-21(16-27)20-9-8-19(15-23(20)36-25)35-26(33)29-12-14-31-13-11-28-17-31/h3-7,10-11,13,17,19H,2,8-9,12,14-15H2,1H3,(H,29,33)(H,30,32)/b10-7+. The molecule has 9 nitrogen and oxygen atoms in total. The van der Waals surface area contributed by atoms with E-state index in [1.165, 1.54) is 17.4 Å². The van der Waals surface area contributed by atoms with Gasteiger partial charge in [0, 0.05) is 48.4 Å². The minimum atomic E-state index is -0.466. The largest absolute Gasteiger partial charge is 0.493 e. The summed E-state index contributed by atoms with van der Waals surface area (Å²) >= 11 is 1.36. The molecule has 1 atom stereocenters. The van der Waals surface area contributed by atoms with E-state index in [1.807, 2.05) is 42.0 Å². The van der Waals surface area contributed by atoms with Gasteiger partial charge in [0.15, 0.2) is 0 Å². The molecule has 0 radical (unpaired) electrons. The van der Waals surface area contributed by atoms with Gasteiger partial charge in [0.1, 0.15) is 22.9 Å². The zero-order chi connectivity index (χ0) is 25.3. The highest BCUT2D eigenvalue weighted by Gasteiger charge is 2.28. The lowest BCUT2D eigenvalue weighted by Crippen LogP contribution is -2.33. The minimum Gasteiger partial charge on any atom is -0.493 e. The van der Waals surface area contributed by atoms with Crippen molar-refractivity contribution >= 4 is 34.4 Å². The van der Waals surface area contributed by atoms with Gasteiger partial charge < -0.3 is 24.7 Å². The van der Waals surface area contributed by atoms with Crippen LogP contribution < -0.4 is 15.4 Å². The average Bonchev–Trinajstić information content (AvgIpc) is 3.50. The molecule has 3 aromatic rings. The predicted molar refractivity (Wildman–Crippen MR) is 137 cm³/mol. The Balaban J connectivity index is 1.34. The molecule has 36 heavy (non-hydrogen) atoms. The van der Waals surface area contributed by atoms with E-state index in [1.54, 1.807) is 18.6 Å². The average molecular weight is 506 g/mol. The normalized spacial score (nSPS) is 14.6. The third kappa shape index (κ3) is 6.31. The second-order valence-electron chi connectivity index (χ2n) is 8.11. The first-order valence-corrected chi connectivity index (χ1v) is 12.5. The Bertz CT molecular complexity index is 1280. The molecular formula is C26H27N5O4S. The fourth-order valence-electron chi connectivity index (χ4n) is 3.99. The van der Waals surface area contributed by atoms with Crippen LogP contribution in [0.2, 0.25) is 0 Å².